The minimum absolute atomic E-state index is 0. The van der Waals surface area contributed by atoms with Crippen LogP contribution < -0.4 is 4.74 Å². The molecule has 0 atom stereocenters. The van der Waals surface area contributed by atoms with Gasteiger partial charge in [0.15, 0.2) is 11.5 Å². The van der Waals surface area contributed by atoms with Crippen LogP contribution >= 0.6 is 12.4 Å². The second-order valence-electron chi connectivity index (χ2n) is 1.95. The summed E-state index contributed by atoms with van der Waals surface area (Å²) in [5.74, 6) is 0.581. The summed E-state index contributed by atoms with van der Waals surface area (Å²) >= 11 is 0. The summed E-state index contributed by atoms with van der Waals surface area (Å²) in [7, 11) is 1.51. The van der Waals surface area contributed by atoms with Crippen molar-refractivity contribution < 1.29 is 9.84 Å². The average Bonchev–Trinajstić information content (AvgIpc) is 1.95. The van der Waals surface area contributed by atoms with E-state index in [1.54, 1.807) is 19.2 Å². The molecule has 0 aromatic carbocycles. The van der Waals surface area contributed by atoms with Gasteiger partial charge in [-0.25, -0.2) is 0 Å². The quantitative estimate of drug-likeness (QED) is 0.704. The van der Waals surface area contributed by atoms with E-state index in [9.17, 15) is 5.11 Å². The van der Waals surface area contributed by atoms with Gasteiger partial charge in [-0.15, -0.1) is 12.4 Å². The molecular weight excluding hydrogens is 166 g/mol. The molecular formula is C7H10ClNO2. The third-order valence-electron chi connectivity index (χ3n) is 1.29. The van der Waals surface area contributed by atoms with Crippen molar-refractivity contribution in [2.75, 3.05) is 7.11 Å². The van der Waals surface area contributed by atoms with E-state index in [0.717, 1.165) is 0 Å². The summed E-state index contributed by atoms with van der Waals surface area (Å²) in [6.45, 7) is 1.72. The summed E-state index contributed by atoms with van der Waals surface area (Å²) < 4.78 is 4.84. The normalized spacial score (nSPS) is 8.55. The highest BCUT2D eigenvalue weighted by atomic mass is 35.5. The standard InChI is InChI=1S/C7H9NO2.ClH/c1-5-7(9)6(10-2)3-4-8-5;/h3-4,9H,1-2H3;1H. The van der Waals surface area contributed by atoms with Gasteiger partial charge in [0.2, 0.25) is 0 Å². The predicted octanol–water partition coefficient (Wildman–Crippen LogP) is 1.53. The Morgan fingerprint density at radius 1 is 1.55 bits per heavy atom. The van der Waals surface area contributed by atoms with Crippen LogP contribution in [0.15, 0.2) is 12.3 Å². The Hall–Kier alpha value is -0.960. The van der Waals surface area contributed by atoms with Gasteiger partial charge in [0, 0.05) is 12.3 Å². The van der Waals surface area contributed by atoms with E-state index < -0.39 is 0 Å². The topological polar surface area (TPSA) is 42.4 Å². The lowest BCUT2D eigenvalue weighted by atomic mass is 10.3. The van der Waals surface area contributed by atoms with E-state index in [1.165, 1.54) is 7.11 Å². The SMILES string of the molecule is COc1ccnc(C)c1O.Cl. The number of hydrogen-bond donors (Lipinski definition) is 1. The monoisotopic (exact) mass is 175 g/mol. The maximum atomic E-state index is 9.21. The Morgan fingerprint density at radius 3 is 2.64 bits per heavy atom. The molecule has 1 heterocycles. The van der Waals surface area contributed by atoms with Crippen LogP contribution in [0, 0.1) is 6.92 Å². The van der Waals surface area contributed by atoms with Crippen molar-refractivity contribution in [1.29, 1.82) is 0 Å². The molecule has 1 aromatic rings. The van der Waals surface area contributed by atoms with Crippen LogP contribution in [0.5, 0.6) is 11.5 Å². The van der Waals surface area contributed by atoms with Gasteiger partial charge in [0.25, 0.3) is 0 Å². The number of methoxy groups -OCH3 is 1. The number of aromatic hydroxyl groups is 1. The number of aromatic nitrogens is 1. The second-order valence-corrected chi connectivity index (χ2v) is 1.95. The zero-order chi connectivity index (χ0) is 7.56. The molecule has 0 amide bonds. The van der Waals surface area contributed by atoms with E-state index in [0.29, 0.717) is 11.4 Å². The Bertz CT molecular complexity index is 240. The van der Waals surface area contributed by atoms with E-state index in [-0.39, 0.29) is 18.2 Å². The third-order valence-corrected chi connectivity index (χ3v) is 1.29. The van der Waals surface area contributed by atoms with Crippen LogP contribution in [0.4, 0.5) is 0 Å². The summed E-state index contributed by atoms with van der Waals surface area (Å²) in [6, 6.07) is 1.61. The molecule has 11 heavy (non-hydrogen) atoms. The van der Waals surface area contributed by atoms with E-state index in [1.807, 2.05) is 0 Å². The Kier molecular flexibility index (Phi) is 3.68. The molecule has 62 valence electrons. The summed E-state index contributed by atoms with van der Waals surface area (Å²) in [5.41, 5.74) is 0.583. The fourth-order valence-corrected chi connectivity index (χ4v) is 0.700. The first kappa shape index (κ1) is 10.0. The first-order valence-electron chi connectivity index (χ1n) is 2.94. The largest absolute Gasteiger partial charge is 0.503 e. The molecule has 1 rings (SSSR count). The third kappa shape index (κ3) is 1.98. The van der Waals surface area contributed by atoms with Crippen LogP contribution in [-0.4, -0.2) is 17.2 Å². The Balaban J connectivity index is 0.000001000. The first-order chi connectivity index (χ1) is 4.75. The number of rotatable bonds is 1. The smallest absolute Gasteiger partial charge is 0.179 e. The molecule has 4 heteroatoms. The summed E-state index contributed by atoms with van der Waals surface area (Å²) in [5, 5.41) is 9.21. The van der Waals surface area contributed by atoms with E-state index in [4.69, 9.17) is 4.74 Å². The van der Waals surface area contributed by atoms with Gasteiger partial charge < -0.3 is 9.84 Å². The van der Waals surface area contributed by atoms with Gasteiger partial charge in [-0.3, -0.25) is 4.98 Å². The zero-order valence-corrected chi connectivity index (χ0v) is 7.18. The minimum Gasteiger partial charge on any atom is -0.503 e. The van der Waals surface area contributed by atoms with Gasteiger partial charge in [0.1, 0.15) is 0 Å². The number of hydrogen-bond acceptors (Lipinski definition) is 3. The van der Waals surface area contributed by atoms with Crippen LogP contribution in [0.1, 0.15) is 5.69 Å². The Labute approximate surface area is 71.4 Å². The molecule has 1 aromatic heterocycles. The van der Waals surface area contributed by atoms with Gasteiger partial charge >= 0.3 is 0 Å². The van der Waals surface area contributed by atoms with Gasteiger partial charge in [-0.1, -0.05) is 0 Å². The molecule has 0 bridgehead atoms. The lowest BCUT2D eigenvalue weighted by Gasteiger charge is -2.02. The highest BCUT2D eigenvalue weighted by Gasteiger charge is 2.02. The van der Waals surface area contributed by atoms with Crippen molar-refractivity contribution >= 4 is 12.4 Å². The lowest BCUT2D eigenvalue weighted by molar-refractivity contribution is 0.370. The zero-order valence-electron chi connectivity index (χ0n) is 6.37. The molecule has 0 spiro atoms. The highest BCUT2D eigenvalue weighted by molar-refractivity contribution is 5.85. The van der Waals surface area contributed by atoms with Crippen LogP contribution in [0.2, 0.25) is 0 Å². The average molecular weight is 176 g/mol. The molecule has 0 aliphatic rings. The summed E-state index contributed by atoms with van der Waals surface area (Å²) in [4.78, 5) is 3.86. The maximum Gasteiger partial charge on any atom is 0.179 e. The molecule has 0 saturated heterocycles. The van der Waals surface area contributed by atoms with Gasteiger partial charge in [-0.2, -0.15) is 0 Å². The van der Waals surface area contributed by atoms with Crippen LogP contribution in [0.3, 0.4) is 0 Å². The summed E-state index contributed by atoms with van der Waals surface area (Å²) in [6.07, 6.45) is 1.59. The molecule has 0 aliphatic carbocycles. The van der Waals surface area contributed by atoms with E-state index >= 15 is 0 Å². The fraction of sp³-hybridized carbons (Fsp3) is 0.286. The lowest BCUT2D eigenvalue weighted by Crippen LogP contribution is -1.87. The van der Waals surface area contributed by atoms with E-state index in [2.05, 4.69) is 4.98 Å². The molecule has 0 aliphatic heterocycles. The first-order valence-corrected chi connectivity index (χ1v) is 2.94. The molecule has 0 saturated carbocycles. The molecule has 0 fully saturated rings. The molecule has 0 unspecified atom stereocenters. The van der Waals surface area contributed by atoms with Crippen LogP contribution in [-0.2, 0) is 0 Å². The Morgan fingerprint density at radius 2 is 2.18 bits per heavy atom. The molecule has 3 nitrogen and oxygen atoms in total. The number of nitrogens with zero attached hydrogens (tertiary/aromatic N) is 1. The number of pyridine rings is 1. The highest BCUT2D eigenvalue weighted by Crippen LogP contribution is 2.26. The molecule has 0 radical (unpaired) electrons. The number of aryl methyl sites for hydroxylation is 1. The minimum atomic E-state index is 0. The van der Waals surface area contributed by atoms with Gasteiger partial charge in [-0.05, 0) is 6.92 Å². The van der Waals surface area contributed by atoms with Crippen molar-refractivity contribution in [2.24, 2.45) is 0 Å². The van der Waals surface area contributed by atoms with Crippen molar-refractivity contribution in [2.45, 2.75) is 6.92 Å². The van der Waals surface area contributed by atoms with Crippen molar-refractivity contribution in [3.63, 3.8) is 0 Å². The van der Waals surface area contributed by atoms with Crippen LogP contribution in [0.25, 0.3) is 0 Å². The second kappa shape index (κ2) is 4.03. The van der Waals surface area contributed by atoms with Gasteiger partial charge in [0.05, 0.1) is 12.8 Å². The predicted molar refractivity (Wildman–Crippen MR) is 44.4 cm³/mol. The van der Waals surface area contributed by atoms with Crippen molar-refractivity contribution in [3.8, 4) is 11.5 Å². The number of halogens is 1. The van der Waals surface area contributed by atoms with Crippen molar-refractivity contribution in [1.82, 2.24) is 4.98 Å². The maximum absolute atomic E-state index is 9.21. The van der Waals surface area contributed by atoms with Crippen molar-refractivity contribution in [3.05, 3.63) is 18.0 Å². The fourth-order valence-electron chi connectivity index (χ4n) is 0.700. The number of ether oxygens (including phenoxy) is 1. The molecule has 1 N–H and O–H groups in total.